The highest BCUT2D eigenvalue weighted by atomic mass is 16.5. The molecule has 2 atom stereocenters. The molecule has 3 rings (SSSR count). The molecule has 0 bridgehead atoms. The number of hydrogen-bond donors (Lipinski definition) is 1. The van der Waals surface area contributed by atoms with Gasteiger partial charge in [0.25, 0.3) is 0 Å². The Morgan fingerprint density at radius 1 is 1.22 bits per heavy atom. The average Bonchev–Trinajstić information content (AvgIpc) is 3.02. The van der Waals surface area contributed by atoms with Crippen molar-refractivity contribution in [2.45, 2.75) is 39.2 Å². The minimum absolute atomic E-state index is 0.00666. The van der Waals surface area contributed by atoms with Crippen LogP contribution in [0.25, 0.3) is 0 Å². The summed E-state index contributed by atoms with van der Waals surface area (Å²) in [6, 6.07) is 7.34. The van der Waals surface area contributed by atoms with E-state index in [1.54, 1.807) is 16.7 Å². The minimum atomic E-state index is -0.265. The first-order valence-electron chi connectivity index (χ1n) is 9.57. The van der Waals surface area contributed by atoms with Gasteiger partial charge in [-0.1, -0.05) is 17.7 Å². The van der Waals surface area contributed by atoms with Gasteiger partial charge in [0.1, 0.15) is 0 Å². The van der Waals surface area contributed by atoms with Gasteiger partial charge in [-0.15, -0.1) is 0 Å². The Bertz CT molecular complexity index is 704. The minimum Gasteiger partial charge on any atom is -0.466 e. The monoisotopic (exact) mass is 373 g/mol. The van der Waals surface area contributed by atoms with Gasteiger partial charge in [0, 0.05) is 31.7 Å². The van der Waals surface area contributed by atoms with E-state index in [2.05, 4.69) is 5.32 Å². The molecule has 0 saturated carbocycles. The first kappa shape index (κ1) is 19.2. The Labute approximate surface area is 159 Å². The first-order valence-corrected chi connectivity index (χ1v) is 9.57. The summed E-state index contributed by atoms with van der Waals surface area (Å²) < 4.78 is 5.08. The van der Waals surface area contributed by atoms with Crippen LogP contribution in [0.15, 0.2) is 24.3 Å². The third-order valence-electron chi connectivity index (χ3n) is 5.13. The maximum atomic E-state index is 12.6. The smallest absolute Gasteiger partial charge is 0.317 e. The molecule has 7 nitrogen and oxygen atoms in total. The summed E-state index contributed by atoms with van der Waals surface area (Å²) in [5.74, 6) is -0.498. The van der Waals surface area contributed by atoms with Crippen LogP contribution in [0.5, 0.6) is 0 Å². The number of nitrogens with one attached hydrogen (secondary N) is 1. The zero-order valence-electron chi connectivity index (χ0n) is 15.9. The fraction of sp³-hybridized carbons (Fsp3) is 0.550. The molecule has 0 aromatic heterocycles. The summed E-state index contributed by atoms with van der Waals surface area (Å²) in [7, 11) is 0. The highest BCUT2D eigenvalue weighted by Gasteiger charge is 2.34. The van der Waals surface area contributed by atoms with Gasteiger partial charge in [0.2, 0.25) is 5.91 Å². The zero-order valence-corrected chi connectivity index (χ0v) is 15.9. The van der Waals surface area contributed by atoms with Gasteiger partial charge in [-0.05, 0) is 38.8 Å². The predicted molar refractivity (Wildman–Crippen MR) is 101 cm³/mol. The normalized spacial score (nSPS) is 22.7. The SMILES string of the molecule is CCOC(=O)[C@@H]1CCCN(C(=O)N[C@@H]2CC(=O)N(c3ccc(C)cc3)C2)C1. The van der Waals surface area contributed by atoms with E-state index in [1.165, 1.54) is 0 Å². The zero-order chi connectivity index (χ0) is 19.4. The highest BCUT2D eigenvalue weighted by Crippen LogP contribution is 2.23. The molecule has 0 spiro atoms. The molecule has 2 saturated heterocycles. The average molecular weight is 373 g/mol. The number of ether oxygens (including phenoxy) is 1. The quantitative estimate of drug-likeness (QED) is 0.820. The Morgan fingerprint density at radius 2 is 1.96 bits per heavy atom. The lowest BCUT2D eigenvalue weighted by atomic mass is 9.98. The van der Waals surface area contributed by atoms with E-state index < -0.39 is 0 Å². The van der Waals surface area contributed by atoms with Crippen LogP contribution >= 0.6 is 0 Å². The topological polar surface area (TPSA) is 79.0 Å². The number of benzene rings is 1. The number of carbonyl (C=O) groups is 3. The molecule has 0 radical (unpaired) electrons. The van der Waals surface area contributed by atoms with Gasteiger partial charge in [-0.2, -0.15) is 0 Å². The van der Waals surface area contributed by atoms with Crippen molar-refractivity contribution in [1.82, 2.24) is 10.2 Å². The second kappa shape index (κ2) is 8.41. The second-order valence-electron chi connectivity index (χ2n) is 7.23. The van der Waals surface area contributed by atoms with Gasteiger partial charge in [-0.25, -0.2) is 4.79 Å². The van der Waals surface area contributed by atoms with Gasteiger partial charge < -0.3 is 19.9 Å². The van der Waals surface area contributed by atoms with Crippen LogP contribution in [0.1, 0.15) is 31.7 Å². The van der Waals surface area contributed by atoms with Crippen LogP contribution in [0.4, 0.5) is 10.5 Å². The van der Waals surface area contributed by atoms with Crippen molar-refractivity contribution in [3.8, 4) is 0 Å². The van der Waals surface area contributed by atoms with E-state index in [1.807, 2.05) is 31.2 Å². The molecule has 1 aromatic rings. The summed E-state index contributed by atoms with van der Waals surface area (Å²) in [5, 5.41) is 2.95. The summed E-state index contributed by atoms with van der Waals surface area (Å²) in [5.41, 5.74) is 1.99. The molecule has 2 fully saturated rings. The first-order chi connectivity index (χ1) is 13.0. The summed E-state index contributed by atoms with van der Waals surface area (Å²) in [4.78, 5) is 40.3. The molecule has 7 heteroatoms. The van der Waals surface area contributed by atoms with Crippen LogP contribution in [0.3, 0.4) is 0 Å². The van der Waals surface area contributed by atoms with Crippen molar-refractivity contribution in [2.24, 2.45) is 5.92 Å². The van der Waals surface area contributed by atoms with E-state index in [-0.39, 0.29) is 36.3 Å². The van der Waals surface area contributed by atoms with E-state index in [9.17, 15) is 14.4 Å². The third kappa shape index (κ3) is 4.59. The number of aryl methyl sites for hydroxylation is 1. The fourth-order valence-electron chi connectivity index (χ4n) is 3.66. The van der Waals surface area contributed by atoms with Crippen LogP contribution in [0, 0.1) is 12.8 Å². The Balaban J connectivity index is 1.56. The molecule has 2 aliphatic heterocycles. The van der Waals surface area contributed by atoms with Crippen molar-refractivity contribution in [3.05, 3.63) is 29.8 Å². The molecular weight excluding hydrogens is 346 g/mol. The number of nitrogens with zero attached hydrogens (tertiary/aromatic N) is 2. The Morgan fingerprint density at radius 3 is 2.67 bits per heavy atom. The number of urea groups is 1. The van der Waals surface area contributed by atoms with E-state index in [0.29, 0.717) is 26.2 Å². The van der Waals surface area contributed by atoms with Crippen molar-refractivity contribution in [3.63, 3.8) is 0 Å². The van der Waals surface area contributed by atoms with Gasteiger partial charge >= 0.3 is 12.0 Å². The van der Waals surface area contributed by atoms with Crippen LogP contribution in [-0.4, -0.2) is 55.1 Å². The molecule has 146 valence electrons. The van der Waals surface area contributed by atoms with Gasteiger partial charge in [0.05, 0.1) is 18.6 Å². The number of carbonyl (C=O) groups excluding carboxylic acids is 3. The molecule has 0 aliphatic carbocycles. The number of likely N-dealkylation sites (tertiary alicyclic amines) is 1. The van der Waals surface area contributed by atoms with Crippen molar-refractivity contribution >= 4 is 23.6 Å². The molecule has 3 amide bonds. The number of anilines is 1. The van der Waals surface area contributed by atoms with E-state index >= 15 is 0 Å². The van der Waals surface area contributed by atoms with E-state index in [4.69, 9.17) is 4.74 Å². The molecule has 0 unspecified atom stereocenters. The van der Waals surface area contributed by atoms with Crippen LogP contribution < -0.4 is 10.2 Å². The van der Waals surface area contributed by atoms with Crippen LogP contribution in [0.2, 0.25) is 0 Å². The molecule has 27 heavy (non-hydrogen) atoms. The van der Waals surface area contributed by atoms with Gasteiger partial charge in [0.15, 0.2) is 0 Å². The summed E-state index contributed by atoms with van der Waals surface area (Å²) in [6.07, 6.45) is 1.80. The summed E-state index contributed by atoms with van der Waals surface area (Å²) >= 11 is 0. The number of piperidine rings is 1. The number of amides is 3. The number of rotatable bonds is 4. The van der Waals surface area contributed by atoms with E-state index in [0.717, 1.165) is 24.1 Å². The molecular formula is C20H27N3O4. The Hall–Kier alpha value is -2.57. The van der Waals surface area contributed by atoms with Crippen LogP contribution in [-0.2, 0) is 14.3 Å². The lowest BCUT2D eigenvalue weighted by molar-refractivity contribution is -0.149. The highest BCUT2D eigenvalue weighted by molar-refractivity contribution is 5.96. The maximum absolute atomic E-state index is 12.6. The lowest BCUT2D eigenvalue weighted by Crippen LogP contribution is -2.50. The molecule has 2 aliphatic rings. The fourth-order valence-corrected chi connectivity index (χ4v) is 3.66. The van der Waals surface area contributed by atoms with Crippen molar-refractivity contribution < 1.29 is 19.1 Å². The maximum Gasteiger partial charge on any atom is 0.317 e. The Kier molecular flexibility index (Phi) is 5.98. The summed E-state index contributed by atoms with van der Waals surface area (Å²) in [6.45, 7) is 5.57. The number of esters is 1. The second-order valence-corrected chi connectivity index (χ2v) is 7.23. The lowest BCUT2D eigenvalue weighted by Gasteiger charge is -2.32. The standard InChI is InChI=1S/C20H27N3O4/c1-3-27-19(25)15-5-4-10-22(12-15)20(26)21-16-11-18(24)23(13-16)17-8-6-14(2)7-9-17/h6-9,15-16H,3-5,10-13H2,1-2H3,(H,21,26)/t15-,16-/m1/s1. The molecule has 2 heterocycles. The third-order valence-corrected chi connectivity index (χ3v) is 5.13. The molecule has 1 aromatic carbocycles. The largest absolute Gasteiger partial charge is 0.466 e. The van der Waals surface area contributed by atoms with Gasteiger partial charge in [-0.3, -0.25) is 9.59 Å². The number of hydrogen-bond acceptors (Lipinski definition) is 4. The van der Waals surface area contributed by atoms with Crippen molar-refractivity contribution in [1.29, 1.82) is 0 Å². The predicted octanol–water partition coefficient (Wildman–Crippen LogP) is 2.09. The molecule has 1 N–H and O–H groups in total. The van der Waals surface area contributed by atoms with Crippen molar-refractivity contribution in [2.75, 3.05) is 31.1 Å².